The molecule has 1 heterocycles. The fraction of sp³-hybridized carbons (Fsp3) is 0. The van der Waals surface area contributed by atoms with Crippen LogP contribution in [0.15, 0.2) is 243 Å². The Morgan fingerprint density at radius 1 is 0.250 bits per heavy atom. The highest BCUT2D eigenvalue weighted by Gasteiger charge is 2.16. The molecule has 0 fully saturated rings. The second-order valence-electron chi connectivity index (χ2n) is 15.4. The molecule has 0 unspecified atom stereocenters. The number of aromatic nitrogens is 1. The van der Waals surface area contributed by atoms with Crippen molar-refractivity contribution in [2.45, 2.75) is 0 Å². The quantitative estimate of drug-likeness (QED) is 0.150. The van der Waals surface area contributed by atoms with Crippen LogP contribution in [-0.2, 0) is 0 Å². The fourth-order valence-electron chi connectivity index (χ4n) is 8.79. The van der Waals surface area contributed by atoms with Crippen LogP contribution in [0.2, 0.25) is 0 Å². The smallest absolute Gasteiger partial charge is 0.0547 e. The van der Waals surface area contributed by atoms with Gasteiger partial charge in [0, 0.05) is 33.5 Å². The Bertz CT molecular complexity index is 3150. The molecule has 0 radical (unpaired) electrons. The maximum Gasteiger partial charge on any atom is 0.0547 e. The Labute approximate surface area is 350 Å². The van der Waals surface area contributed by atoms with Gasteiger partial charge in [0.2, 0.25) is 0 Å². The monoisotopic (exact) mass is 764 g/mol. The van der Waals surface area contributed by atoms with Gasteiger partial charge in [-0.3, -0.25) is 0 Å². The lowest BCUT2D eigenvalue weighted by Gasteiger charge is -2.26. The first-order valence-electron chi connectivity index (χ1n) is 20.6. The minimum absolute atomic E-state index is 1.10. The molecule has 0 saturated carbocycles. The summed E-state index contributed by atoms with van der Waals surface area (Å²) in [6, 6.07) is 87.6. The van der Waals surface area contributed by atoms with Crippen LogP contribution in [-0.4, -0.2) is 4.57 Å². The number of hydrogen-bond donors (Lipinski definition) is 0. The highest BCUT2D eigenvalue weighted by molar-refractivity contribution is 6.21. The number of anilines is 3. The highest BCUT2D eigenvalue weighted by Crippen LogP contribution is 2.39. The number of rotatable bonds is 8. The van der Waals surface area contributed by atoms with Gasteiger partial charge in [0.25, 0.3) is 0 Å². The molecule has 0 aliphatic carbocycles. The van der Waals surface area contributed by atoms with E-state index in [1.165, 1.54) is 77.1 Å². The largest absolute Gasteiger partial charge is 0.311 e. The third-order valence-corrected chi connectivity index (χ3v) is 11.8. The summed E-state index contributed by atoms with van der Waals surface area (Å²) in [5.74, 6) is 0. The first kappa shape index (κ1) is 35.2. The SMILES string of the molecule is c1ccc(-c2ccc(N(c3ccc(-c4ccccc4)cc3)c3ccc(-c4ccc(-c5ccc(-n6c7ccccc7c7c8ccccc8ccc76)cc5)cc4)cc3)cc2)cc1. The molecule has 60 heavy (non-hydrogen) atoms. The van der Waals surface area contributed by atoms with Crippen molar-refractivity contribution >= 4 is 49.6 Å². The lowest BCUT2D eigenvalue weighted by Crippen LogP contribution is -2.09. The van der Waals surface area contributed by atoms with Crippen molar-refractivity contribution in [1.29, 1.82) is 0 Å². The molecular formula is C58H40N2. The molecule has 0 saturated heterocycles. The van der Waals surface area contributed by atoms with E-state index in [1.807, 2.05) is 0 Å². The van der Waals surface area contributed by atoms with Crippen LogP contribution >= 0.6 is 0 Å². The number of benzene rings is 10. The number of para-hydroxylation sites is 1. The van der Waals surface area contributed by atoms with E-state index in [9.17, 15) is 0 Å². The summed E-state index contributed by atoms with van der Waals surface area (Å²) in [7, 11) is 0. The van der Waals surface area contributed by atoms with Gasteiger partial charge in [-0.15, -0.1) is 0 Å². The van der Waals surface area contributed by atoms with Gasteiger partial charge in [-0.25, -0.2) is 0 Å². The molecule has 11 rings (SSSR count). The molecule has 1 aromatic heterocycles. The van der Waals surface area contributed by atoms with Gasteiger partial charge in [0.1, 0.15) is 0 Å². The molecule has 0 aliphatic heterocycles. The molecule has 0 N–H and O–H groups in total. The van der Waals surface area contributed by atoms with Crippen LogP contribution < -0.4 is 4.90 Å². The van der Waals surface area contributed by atoms with E-state index in [2.05, 4.69) is 252 Å². The summed E-state index contributed by atoms with van der Waals surface area (Å²) in [6.45, 7) is 0. The third kappa shape index (κ3) is 6.41. The molecule has 0 atom stereocenters. The second-order valence-corrected chi connectivity index (χ2v) is 15.4. The molecule has 2 nitrogen and oxygen atoms in total. The zero-order chi connectivity index (χ0) is 39.8. The summed E-state index contributed by atoms with van der Waals surface area (Å²) in [5, 5.41) is 5.13. The van der Waals surface area contributed by atoms with E-state index in [-0.39, 0.29) is 0 Å². The van der Waals surface area contributed by atoms with Crippen molar-refractivity contribution in [2.75, 3.05) is 4.90 Å². The number of fused-ring (bicyclic) bond motifs is 5. The average Bonchev–Trinajstić information content (AvgIpc) is 3.68. The zero-order valence-electron chi connectivity index (χ0n) is 33.0. The maximum absolute atomic E-state index is 2.40. The van der Waals surface area contributed by atoms with Gasteiger partial charge in [0.05, 0.1) is 11.0 Å². The Balaban J connectivity index is 0.878. The van der Waals surface area contributed by atoms with E-state index < -0.39 is 0 Å². The van der Waals surface area contributed by atoms with Crippen molar-refractivity contribution in [3.8, 4) is 50.2 Å². The molecule has 0 spiro atoms. The highest BCUT2D eigenvalue weighted by atomic mass is 15.1. The van der Waals surface area contributed by atoms with Crippen LogP contribution in [0, 0.1) is 0 Å². The van der Waals surface area contributed by atoms with Crippen molar-refractivity contribution in [3.05, 3.63) is 243 Å². The minimum Gasteiger partial charge on any atom is -0.311 e. The molecule has 0 bridgehead atoms. The van der Waals surface area contributed by atoms with Gasteiger partial charge in [-0.2, -0.15) is 0 Å². The second kappa shape index (κ2) is 15.1. The predicted molar refractivity (Wildman–Crippen MR) is 255 cm³/mol. The van der Waals surface area contributed by atoms with Gasteiger partial charge in [0.15, 0.2) is 0 Å². The summed E-state index contributed by atoms with van der Waals surface area (Å²) >= 11 is 0. The predicted octanol–water partition coefficient (Wildman–Crippen LogP) is 16.1. The Hall–Kier alpha value is -7.94. The van der Waals surface area contributed by atoms with Gasteiger partial charge in [-0.05, 0) is 116 Å². The Morgan fingerprint density at radius 2 is 0.617 bits per heavy atom. The molecular weight excluding hydrogens is 725 g/mol. The fourth-order valence-corrected chi connectivity index (χ4v) is 8.79. The van der Waals surface area contributed by atoms with E-state index in [4.69, 9.17) is 0 Å². The topological polar surface area (TPSA) is 8.17 Å². The minimum atomic E-state index is 1.10. The Morgan fingerprint density at radius 3 is 1.10 bits per heavy atom. The lowest BCUT2D eigenvalue weighted by atomic mass is 9.99. The first-order valence-corrected chi connectivity index (χ1v) is 20.6. The van der Waals surface area contributed by atoms with E-state index in [0.717, 1.165) is 22.7 Å². The summed E-state index contributed by atoms with van der Waals surface area (Å²) in [6.07, 6.45) is 0. The van der Waals surface area contributed by atoms with E-state index >= 15 is 0 Å². The third-order valence-electron chi connectivity index (χ3n) is 11.8. The molecule has 10 aromatic carbocycles. The van der Waals surface area contributed by atoms with Crippen molar-refractivity contribution in [2.24, 2.45) is 0 Å². The van der Waals surface area contributed by atoms with Crippen molar-refractivity contribution < 1.29 is 0 Å². The number of hydrogen-bond acceptors (Lipinski definition) is 1. The van der Waals surface area contributed by atoms with Crippen LogP contribution in [0.25, 0.3) is 82.8 Å². The molecule has 0 amide bonds. The van der Waals surface area contributed by atoms with E-state index in [1.54, 1.807) is 0 Å². The standard InChI is InChI=1S/C58H40N2/c1-3-11-41(12-4-1)45-23-32-50(33-24-45)59(51-34-25-46(26-35-51)42-13-5-2-6-14-42)52-36-27-47(28-37-52)43-19-21-44(22-20-43)48-29-38-53(39-30-48)60-56-18-10-9-17-55(56)58-54-16-8-7-15-49(54)31-40-57(58)60/h1-40H. The van der Waals surface area contributed by atoms with Gasteiger partial charge >= 0.3 is 0 Å². The van der Waals surface area contributed by atoms with Crippen molar-refractivity contribution in [1.82, 2.24) is 4.57 Å². The normalized spacial score (nSPS) is 11.3. The number of nitrogens with zero attached hydrogens (tertiary/aromatic N) is 2. The lowest BCUT2D eigenvalue weighted by molar-refractivity contribution is 1.18. The van der Waals surface area contributed by atoms with Crippen LogP contribution in [0.3, 0.4) is 0 Å². The summed E-state index contributed by atoms with van der Waals surface area (Å²) in [5.41, 5.74) is 16.5. The molecule has 2 heteroatoms. The average molecular weight is 765 g/mol. The van der Waals surface area contributed by atoms with Crippen LogP contribution in [0.5, 0.6) is 0 Å². The Kier molecular flexibility index (Phi) is 8.87. The molecule has 282 valence electrons. The van der Waals surface area contributed by atoms with Crippen molar-refractivity contribution in [3.63, 3.8) is 0 Å². The first-order chi connectivity index (χ1) is 29.7. The van der Waals surface area contributed by atoms with Gasteiger partial charge in [-0.1, -0.05) is 182 Å². The summed E-state index contributed by atoms with van der Waals surface area (Å²) in [4.78, 5) is 2.33. The van der Waals surface area contributed by atoms with Gasteiger partial charge < -0.3 is 9.47 Å². The summed E-state index contributed by atoms with van der Waals surface area (Å²) < 4.78 is 2.40. The van der Waals surface area contributed by atoms with E-state index in [0.29, 0.717) is 0 Å². The maximum atomic E-state index is 2.40. The van der Waals surface area contributed by atoms with Crippen LogP contribution in [0.4, 0.5) is 17.1 Å². The molecule has 11 aromatic rings. The van der Waals surface area contributed by atoms with Crippen LogP contribution in [0.1, 0.15) is 0 Å². The molecule has 0 aliphatic rings. The zero-order valence-corrected chi connectivity index (χ0v) is 33.0.